The molecule has 1 fully saturated rings. The van der Waals surface area contributed by atoms with Crippen molar-refractivity contribution in [2.24, 2.45) is 0 Å². The van der Waals surface area contributed by atoms with Gasteiger partial charge in [0.2, 0.25) is 0 Å². The van der Waals surface area contributed by atoms with E-state index in [1.807, 2.05) is 42.5 Å². The molecule has 0 spiro atoms. The Morgan fingerprint density at radius 3 is 2.48 bits per heavy atom. The van der Waals surface area contributed by atoms with Crippen LogP contribution >= 0.6 is 23.4 Å². The first-order chi connectivity index (χ1) is 16.1. The minimum atomic E-state index is -0.352. The van der Waals surface area contributed by atoms with Crippen LogP contribution in [0.3, 0.4) is 0 Å². The third-order valence-electron chi connectivity index (χ3n) is 5.31. The zero-order valence-corrected chi connectivity index (χ0v) is 19.0. The first kappa shape index (κ1) is 21.3. The van der Waals surface area contributed by atoms with Gasteiger partial charge in [-0.15, -0.1) is 0 Å². The zero-order chi connectivity index (χ0) is 22.8. The predicted molar refractivity (Wildman–Crippen MR) is 135 cm³/mol. The summed E-state index contributed by atoms with van der Waals surface area (Å²) >= 11 is 6.84. The number of hydrogen-bond donors (Lipinski definition) is 0. The number of thioether (sulfide) groups is 1. The lowest BCUT2D eigenvalue weighted by Crippen LogP contribution is -2.27. The van der Waals surface area contributed by atoms with Gasteiger partial charge in [-0.25, -0.2) is 4.90 Å². The fraction of sp³-hybridized carbons (Fsp3) is 0.0370. The molecule has 1 aliphatic rings. The van der Waals surface area contributed by atoms with Crippen LogP contribution < -0.4 is 9.64 Å². The molecular formula is C27H18ClNO3S. The average Bonchev–Trinajstić information content (AvgIpc) is 3.11. The number of halogens is 1. The van der Waals surface area contributed by atoms with E-state index in [2.05, 4.69) is 24.3 Å². The van der Waals surface area contributed by atoms with Gasteiger partial charge in [0, 0.05) is 5.02 Å². The molecule has 0 saturated carbocycles. The van der Waals surface area contributed by atoms with Crippen molar-refractivity contribution in [3.8, 4) is 5.75 Å². The number of carbonyl (C=O) groups excluding carboxylic acids is 2. The van der Waals surface area contributed by atoms with E-state index in [0.29, 0.717) is 28.0 Å². The van der Waals surface area contributed by atoms with E-state index < -0.39 is 0 Å². The highest BCUT2D eigenvalue weighted by atomic mass is 35.5. The molecule has 1 saturated heterocycles. The number of amides is 2. The lowest BCUT2D eigenvalue weighted by Gasteiger charge is -2.12. The second kappa shape index (κ2) is 9.14. The zero-order valence-electron chi connectivity index (χ0n) is 17.4. The van der Waals surface area contributed by atoms with Gasteiger partial charge in [0.15, 0.2) is 0 Å². The van der Waals surface area contributed by atoms with Crippen LogP contribution in [0.2, 0.25) is 5.02 Å². The maximum absolute atomic E-state index is 12.9. The van der Waals surface area contributed by atoms with Crippen molar-refractivity contribution >= 4 is 57.0 Å². The SMILES string of the molecule is O=C1S/C(=C/c2cccc(OCc3cccc4ccccc34)c2)C(=O)N1c1ccc(Cl)cc1. The average molecular weight is 472 g/mol. The minimum absolute atomic E-state index is 0.336. The van der Waals surface area contributed by atoms with Crippen LogP contribution in [0.4, 0.5) is 10.5 Å². The van der Waals surface area contributed by atoms with Crippen LogP contribution in [-0.2, 0) is 11.4 Å². The molecule has 1 heterocycles. The molecule has 4 aromatic carbocycles. The lowest BCUT2D eigenvalue weighted by atomic mass is 10.1. The maximum Gasteiger partial charge on any atom is 0.298 e. The third kappa shape index (κ3) is 4.51. The molecule has 0 unspecified atom stereocenters. The van der Waals surface area contributed by atoms with E-state index in [9.17, 15) is 9.59 Å². The van der Waals surface area contributed by atoms with Crippen molar-refractivity contribution < 1.29 is 14.3 Å². The Labute approximate surface area is 200 Å². The van der Waals surface area contributed by atoms with E-state index in [1.54, 1.807) is 30.3 Å². The summed E-state index contributed by atoms with van der Waals surface area (Å²) in [5.41, 5.74) is 2.38. The van der Waals surface area contributed by atoms with Gasteiger partial charge in [-0.1, -0.05) is 66.2 Å². The van der Waals surface area contributed by atoms with Gasteiger partial charge in [-0.3, -0.25) is 9.59 Å². The molecule has 0 radical (unpaired) electrons. The number of fused-ring (bicyclic) bond motifs is 1. The lowest BCUT2D eigenvalue weighted by molar-refractivity contribution is -0.113. The number of imide groups is 1. The number of benzene rings is 4. The van der Waals surface area contributed by atoms with Crippen molar-refractivity contribution in [3.63, 3.8) is 0 Å². The van der Waals surface area contributed by atoms with Crippen molar-refractivity contribution in [2.75, 3.05) is 4.90 Å². The summed E-state index contributed by atoms with van der Waals surface area (Å²) in [6, 6.07) is 28.5. The number of ether oxygens (including phenoxy) is 1. The van der Waals surface area contributed by atoms with Crippen LogP contribution in [0.15, 0.2) is 95.9 Å². The van der Waals surface area contributed by atoms with Crippen LogP contribution in [0.5, 0.6) is 5.75 Å². The maximum atomic E-state index is 12.9. The van der Waals surface area contributed by atoms with Gasteiger partial charge in [-0.2, -0.15) is 0 Å². The summed E-state index contributed by atoms with van der Waals surface area (Å²) in [5, 5.41) is 2.54. The summed E-state index contributed by atoms with van der Waals surface area (Å²) in [5.74, 6) is 0.336. The molecule has 6 heteroatoms. The molecule has 1 aliphatic heterocycles. The normalized spacial score (nSPS) is 14.9. The number of hydrogen-bond acceptors (Lipinski definition) is 4. The van der Waals surface area contributed by atoms with Crippen LogP contribution in [0.1, 0.15) is 11.1 Å². The molecular weight excluding hydrogens is 454 g/mol. The van der Waals surface area contributed by atoms with E-state index in [0.717, 1.165) is 33.2 Å². The summed E-state index contributed by atoms with van der Waals surface area (Å²) in [4.78, 5) is 26.9. The number of anilines is 1. The first-order valence-corrected chi connectivity index (χ1v) is 11.5. The molecule has 0 N–H and O–H groups in total. The molecule has 0 atom stereocenters. The van der Waals surface area contributed by atoms with Gasteiger partial charge >= 0.3 is 0 Å². The van der Waals surface area contributed by atoms with Crippen molar-refractivity contribution in [1.82, 2.24) is 0 Å². The van der Waals surface area contributed by atoms with Gasteiger partial charge in [0.1, 0.15) is 12.4 Å². The number of rotatable bonds is 5. The standard InChI is InChI=1S/C27H18ClNO3S/c28-21-11-13-22(14-12-21)29-26(30)25(33-27(29)31)16-18-5-3-9-23(15-18)32-17-20-8-4-7-19-6-1-2-10-24(19)20/h1-16H,17H2/b25-16+. The molecule has 2 amide bonds. The van der Waals surface area contributed by atoms with E-state index in [4.69, 9.17) is 16.3 Å². The Morgan fingerprint density at radius 2 is 1.64 bits per heavy atom. The highest BCUT2D eigenvalue weighted by molar-refractivity contribution is 8.19. The first-order valence-electron chi connectivity index (χ1n) is 10.3. The Morgan fingerprint density at radius 1 is 0.879 bits per heavy atom. The predicted octanol–water partition coefficient (Wildman–Crippen LogP) is 7.31. The molecule has 33 heavy (non-hydrogen) atoms. The molecule has 0 aromatic heterocycles. The smallest absolute Gasteiger partial charge is 0.298 e. The fourth-order valence-electron chi connectivity index (χ4n) is 3.71. The molecule has 4 nitrogen and oxygen atoms in total. The van der Waals surface area contributed by atoms with Crippen molar-refractivity contribution in [3.05, 3.63) is 112 Å². The Bertz CT molecular complexity index is 1390. The molecule has 162 valence electrons. The number of nitrogens with zero attached hydrogens (tertiary/aromatic N) is 1. The molecule has 5 rings (SSSR count). The Hall–Kier alpha value is -3.54. The van der Waals surface area contributed by atoms with Gasteiger partial charge in [0.25, 0.3) is 11.1 Å². The molecule has 4 aromatic rings. The largest absolute Gasteiger partial charge is 0.489 e. The Balaban J connectivity index is 1.34. The summed E-state index contributed by atoms with van der Waals surface area (Å²) in [6.07, 6.45) is 1.71. The van der Waals surface area contributed by atoms with E-state index >= 15 is 0 Å². The van der Waals surface area contributed by atoms with Crippen molar-refractivity contribution in [2.45, 2.75) is 6.61 Å². The third-order valence-corrected chi connectivity index (χ3v) is 6.43. The second-order valence-electron chi connectivity index (χ2n) is 7.49. The van der Waals surface area contributed by atoms with E-state index in [1.165, 1.54) is 5.39 Å². The topological polar surface area (TPSA) is 46.6 Å². The van der Waals surface area contributed by atoms with Crippen molar-refractivity contribution in [1.29, 1.82) is 0 Å². The fourth-order valence-corrected chi connectivity index (χ4v) is 4.67. The Kier molecular flexibility index (Phi) is 5.90. The summed E-state index contributed by atoms with van der Waals surface area (Å²) in [6.45, 7) is 0.428. The highest BCUT2D eigenvalue weighted by Gasteiger charge is 2.36. The minimum Gasteiger partial charge on any atom is -0.489 e. The number of carbonyl (C=O) groups is 2. The quantitative estimate of drug-likeness (QED) is 0.286. The summed E-state index contributed by atoms with van der Waals surface area (Å²) in [7, 11) is 0. The second-order valence-corrected chi connectivity index (χ2v) is 8.92. The van der Waals surface area contributed by atoms with Gasteiger partial charge in [-0.05, 0) is 76.1 Å². The summed E-state index contributed by atoms with van der Waals surface area (Å²) < 4.78 is 6.04. The van der Waals surface area contributed by atoms with Gasteiger partial charge < -0.3 is 4.74 Å². The van der Waals surface area contributed by atoms with Crippen LogP contribution in [-0.4, -0.2) is 11.1 Å². The van der Waals surface area contributed by atoms with Crippen LogP contribution in [0, 0.1) is 0 Å². The van der Waals surface area contributed by atoms with Crippen LogP contribution in [0.25, 0.3) is 16.8 Å². The molecule has 0 bridgehead atoms. The monoisotopic (exact) mass is 471 g/mol. The van der Waals surface area contributed by atoms with Gasteiger partial charge in [0.05, 0.1) is 10.6 Å². The van der Waals surface area contributed by atoms with E-state index in [-0.39, 0.29) is 11.1 Å². The molecule has 0 aliphatic carbocycles. The highest BCUT2D eigenvalue weighted by Crippen LogP contribution is 2.36.